The number of anilines is 1. The van der Waals surface area contributed by atoms with Gasteiger partial charge in [-0.15, -0.1) is 0 Å². The first-order valence-corrected chi connectivity index (χ1v) is 7.62. The number of hydrogen-bond acceptors (Lipinski definition) is 2. The van der Waals surface area contributed by atoms with E-state index >= 15 is 0 Å². The van der Waals surface area contributed by atoms with Crippen molar-refractivity contribution in [3.8, 4) is 0 Å². The van der Waals surface area contributed by atoms with E-state index in [1.165, 1.54) is 38.9 Å². The van der Waals surface area contributed by atoms with Crippen LogP contribution in [0.3, 0.4) is 0 Å². The molecular weight excluding hydrogens is 248 g/mol. The Labute approximate surface area is 122 Å². The van der Waals surface area contributed by atoms with Crippen LogP contribution in [0, 0.1) is 5.92 Å². The number of para-hydroxylation sites is 1. The number of rotatable bonds is 5. The fraction of sp³-hybridized carbons (Fsp3) is 0.562. The second kappa shape index (κ2) is 7.90. The highest BCUT2D eigenvalue weighted by molar-refractivity contribution is 5.92. The van der Waals surface area contributed by atoms with Crippen molar-refractivity contribution in [2.75, 3.05) is 31.5 Å². The number of nitrogens with zero attached hydrogens (tertiary/aromatic N) is 2. The Kier molecular flexibility index (Phi) is 5.87. The second-order valence-electron chi connectivity index (χ2n) is 5.50. The van der Waals surface area contributed by atoms with Crippen LogP contribution in [0.25, 0.3) is 0 Å². The summed E-state index contributed by atoms with van der Waals surface area (Å²) in [5.41, 5.74) is 6.92. The largest absolute Gasteiger partial charge is 0.370 e. The molecule has 1 saturated heterocycles. The summed E-state index contributed by atoms with van der Waals surface area (Å²) in [6, 6.07) is 9.94. The lowest BCUT2D eigenvalue weighted by Gasteiger charge is -2.30. The maximum Gasteiger partial charge on any atom is 0.193 e. The zero-order valence-electron chi connectivity index (χ0n) is 12.4. The van der Waals surface area contributed by atoms with E-state index in [4.69, 9.17) is 5.73 Å². The second-order valence-corrected chi connectivity index (χ2v) is 5.50. The molecule has 0 atom stereocenters. The third kappa shape index (κ3) is 4.85. The molecule has 0 unspecified atom stereocenters. The molecule has 0 saturated carbocycles. The Morgan fingerprint density at radius 3 is 2.65 bits per heavy atom. The molecule has 3 N–H and O–H groups in total. The van der Waals surface area contributed by atoms with Crippen molar-refractivity contribution in [2.45, 2.75) is 26.2 Å². The van der Waals surface area contributed by atoms with Gasteiger partial charge in [0.15, 0.2) is 5.96 Å². The molecule has 4 nitrogen and oxygen atoms in total. The minimum absolute atomic E-state index is 0.521. The average molecular weight is 274 g/mol. The fourth-order valence-corrected chi connectivity index (χ4v) is 2.65. The van der Waals surface area contributed by atoms with Crippen LogP contribution in [0.4, 0.5) is 5.69 Å². The molecule has 0 spiro atoms. The number of aliphatic imine (C=N–C) groups is 1. The molecule has 1 aliphatic rings. The first-order chi connectivity index (χ1) is 9.78. The molecule has 0 aromatic heterocycles. The molecule has 1 aromatic rings. The molecule has 4 heteroatoms. The topological polar surface area (TPSA) is 53.6 Å². The van der Waals surface area contributed by atoms with Gasteiger partial charge < -0.3 is 16.0 Å². The van der Waals surface area contributed by atoms with Crippen LogP contribution in [0.5, 0.6) is 0 Å². The predicted molar refractivity (Wildman–Crippen MR) is 86.0 cm³/mol. The molecule has 20 heavy (non-hydrogen) atoms. The molecule has 1 aromatic carbocycles. The summed E-state index contributed by atoms with van der Waals surface area (Å²) in [6.45, 7) is 6.73. The first-order valence-electron chi connectivity index (χ1n) is 7.62. The average Bonchev–Trinajstić information content (AvgIpc) is 2.48. The standard InChI is InChI=1S/C16H26N4/c1-2-10-20-11-8-14(9-12-20)13-18-16(17)19-15-6-4-3-5-7-15/h3-7,14H,2,8-13H2,1H3,(H3,17,18,19). The third-order valence-corrected chi connectivity index (χ3v) is 3.81. The highest BCUT2D eigenvalue weighted by Crippen LogP contribution is 2.17. The maximum atomic E-state index is 5.93. The molecule has 0 amide bonds. The Morgan fingerprint density at radius 1 is 1.30 bits per heavy atom. The number of benzene rings is 1. The summed E-state index contributed by atoms with van der Waals surface area (Å²) in [5, 5.41) is 3.13. The van der Waals surface area contributed by atoms with E-state index in [-0.39, 0.29) is 0 Å². The Hall–Kier alpha value is -1.55. The number of guanidine groups is 1. The maximum absolute atomic E-state index is 5.93. The Bertz CT molecular complexity index is 408. The monoisotopic (exact) mass is 274 g/mol. The summed E-state index contributed by atoms with van der Waals surface area (Å²) in [6.07, 6.45) is 3.72. The van der Waals surface area contributed by atoms with Crippen molar-refractivity contribution >= 4 is 11.6 Å². The van der Waals surface area contributed by atoms with Gasteiger partial charge in [-0.1, -0.05) is 25.1 Å². The van der Waals surface area contributed by atoms with E-state index in [2.05, 4.69) is 22.1 Å². The molecule has 1 fully saturated rings. The van der Waals surface area contributed by atoms with E-state index in [1.807, 2.05) is 30.3 Å². The van der Waals surface area contributed by atoms with Gasteiger partial charge in [0.05, 0.1) is 0 Å². The van der Waals surface area contributed by atoms with Crippen LogP contribution >= 0.6 is 0 Å². The van der Waals surface area contributed by atoms with Gasteiger partial charge in [0.2, 0.25) is 0 Å². The van der Waals surface area contributed by atoms with Crippen LogP contribution in [0.15, 0.2) is 35.3 Å². The lowest BCUT2D eigenvalue weighted by atomic mass is 9.97. The van der Waals surface area contributed by atoms with E-state index in [1.54, 1.807) is 0 Å². The zero-order chi connectivity index (χ0) is 14.2. The van der Waals surface area contributed by atoms with Gasteiger partial charge in [0, 0.05) is 12.2 Å². The molecule has 110 valence electrons. The molecule has 0 radical (unpaired) electrons. The predicted octanol–water partition coefficient (Wildman–Crippen LogP) is 2.54. The minimum Gasteiger partial charge on any atom is -0.370 e. The molecule has 1 aliphatic heterocycles. The van der Waals surface area contributed by atoms with Crippen molar-refractivity contribution in [1.82, 2.24) is 4.90 Å². The van der Waals surface area contributed by atoms with Gasteiger partial charge in [-0.05, 0) is 56.9 Å². The summed E-state index contributed by atoms with van der Waals surface area (Å²) in [5.74, 6) is 1.20. The van der Waals surface area contributed by atoms with Crippen molar-refractivity contribution in [1.29, 1.82) is 0 Å². The highest BCUT2D eigenvalue weighted by Gasteiger charge is 2.17. The number of hydrogen-bond donors (Lipinski definition) is 2. The lowest BCUT2D eigenvalue weighted by molar-refractivity contribution is 0.188. The smallest absolute Gasteiger partial charge is 0.193 e. The molecule has 1 heterocycles. The summed E-state index contributed by atoms with van der Waals surface area (Å²) >= 11 is 0. The van der Waals surface area contributed by atoms with Gasteiger partial charge >= 0.3 is 0 Å². The van der Waals surface area contributed by atoms with Crippen LogP contribution in [-0.4, -0.2) is 37.0 Å². The third-order valence-electron chi connectivity index (χ3n) is 3.81. The number of nitrogens with one attached hydrogen (secondary N) is 1. The van der Waals surface area contributed by atoms with E-state index in [9.17, 15) is 0 Å². The summed E-state index contributed by atoms with van der Waals surface area (Å²) in [7, 11) is 0. The molecule has 0 aliphatic carbocycles. The Morgan fingerprint density at radius 2 is 2.00 bits per heavy atom. The SMILES string of the molecule is CCCN1CCC(CN=C(N)Nc2ccccc2)CC1. The van der Waals surface area contributed by atoms with Gasteiger partial charge in [-0.25, -0.2) is 0 Å². The fourth-order valence-electron chi connectivity index (χ4n) is 2.65. The van der Waals surface area contributed by atoms with Gasteiger partial charge in [0.1, 0.15) is 0 Å². The number of piperidine rings is 1. The number of nitrogens with two attached hydrogens (primary N) is 1. The van der Waals surface area contributed by atoms with Crippen molar-refractivity contribution in [2.24, 2.45) is 16.6 Å². The summed E-state index contributed by atoms with van der Waals surface area (Å²) < 4.78 is 0. The zero-order valence-corrected chi connectivity index (χ0v) is 12.4. The first kappa shape index (κ1) is 14.9. The number of likely N-dealkylation sites (tertiary alicyclic amines) is 1. The quantitative estimate of drug-likeness (QED) is 0.641. The van der Waals surface area contributed by atoms with Gasteiger partial charge in [-0.2, -0.15) is 0 Å². The lowest BCUT2D eigenvalue weighted by Crippen LogP contribution is -2.35. The molecular formula is C16H26N4. The normalized spacial score (nSPS) is 18.1. The van der Waals surface area contributed by atoms with Gasteiger partial charge in [-0.3, -0.25) is 4.99 Å². The summed E-state index contributed by atoms with van der Waals surface area (Å²) in [4.78, 5) is 7.03. The van der Waals surface area contributed by atoms with E-state index in [0.717, 1.165) is 12.2 Å². The Balaban J connectivity index is 1.73. The van der Waals surface area contributed by atoms with Gasteiger partial charge in [0.25, 0.3) is 0 Å². The molecule has 0 bridgehead atoms. The van der Waals surface area contributed by atoms with E-state index in [0.29, 0.717) is 11.9 Å². The molecule has 2 rings (SSSR count). The van der Waals surface area contributed by atoms with Crippen molar-refractivity contribution < 1.29 is 0 Å². The van der Waals surface area contributed by atoms with Crippen LogP contribution in [0.2, 0.25) is 0 Å². The van der Waals surface area contributed by atoms with E-state index < -0.39 is 0 Å². The van der Waals surface area contributed by atoms with Crippen molar-refractivity contribution in [3.05, 3.63) is 30.3 Å². The highest BCUT2D eigenvalue weighted by atomic mass is 15.1. The van der Waals surface area contributed by atoms with Crippen LogP contribution in [0.1, 0.15) is 26.2 Å². The minimum atomic E-state index is 0.521. The van der Waals surface area contributed by atoms with Crippen LogP contribution < -0.4 is 11.1 Å². The van der Waals surface area contributed by atoms with Crippen molar-refractivity contribution in [3.63, 3.8) is 0 Å². The van der Waals surface area contributed by atoms with Crippen LogP contribution in [-0.2, 0) is 0 Å².